The summed E-state index contributed by atoms with van der Waals surface area (Å²) in [7, 11) is 0. The van der Waals surface area contributed by atoms with Crippen molar-refractivity contribution >= 4 is 18.3 Å². The monoisotopic (exact) mass is 306 g/mol. The molecule has 0 aromatic rings. The molecule has 6 heteroatoms. The molecule has 3 atom stereocenters. The van der Waals surface area contributed by atoms with Gasteiger partial charge in [-0.3, -0.25) is 4.79 Å². The number of carbonyl (C=O) groups excluding carboxylic acids is 1. The minimum atomic E-state index is -0.815. The van der Waals surface area contributed by atoms with Crippen molar-refractivity contribution < 1.29 is 14.3 Å². The van der Waals surface area contributed by atoms with Gasteiger partial charge in [-0.05, 0) is 19.8 Å². The molecule has 3 unspecified atom stereocenters. The number of halogens is 1. The Morgan fingerprint density at radius 2 is 2.20 bits per heavy atom. The van der Waals surface area contributed by atoms with Crippen molar-refractivity contribution in [2.24, 2.45) is 17.1 Å². The van der Waals surface area contributed by atoms with Gasteiger partial charge in [-0.25, -0.2) is 0 Å². The van der Waals surface area contributed by atoms with Gasteiger partial charge in [0, 0.05) is 31.1 Å². The van der Waals surface area contributed by atoms with E-state index in [2.05, 4.69) is 5.32 Å². The first-order valence-corrected chi connectivity index (χ1v) is 7.22. The third kappa shape index (κ3) is 2.56. The molecular weight excluding hydrogens is 280 g/mol. The number of fused-ring (bicyclic) bond motifs is 1. The van der Waals surface area contributed by atoms with Crippen molar-refractivity contribution in [2.75, 3.05) is 26.4 Å². The molecule has 5 nitrogen and oxygen atoms in total. The number of carbonyl (C=O) groups is 1. The largest absolute Gasteiger partial charge is 0.380 e. The maximum absolute atomic E-state index is 12.4. The minimum absolute atomic E-state index is 0. The van der Waals surface area contributed by atoms with Crippen LogP contribution in [0.2, 0.25) is 0 Å². The van der Waals surface area contributed by atoms with Crippen molar-refractivity contribution in [1.29, 1.82) is 0 Å². The van der Waals surface area contributed by atoms with Gasteiger partial charge in [0.2, 0.25) is 5.91 Å². The quantitative estimate of drug-likeness (QED) is 0.746. The van der Waals surface area contributed by atoms with E-state index in [1.54, 1.807) is 0 Å². The van der Waals surface area contributed by atoms with Crippen LogP contribution in [0, 0.1) is 11.3 Å². The highest BCUT2D eigenvalue weighted by Crippen LogP contribution is 2.57. The fourth-order valence-corrected chi connectivity index (χ4v) is 3.56. The van der Waals surface area contributed by atoms with Crippen molar-refractivity contribution in [3.05, 3.63) is 0 Å². The van der Waals surface area contributed by atoms with Crippen LogP contribution in [0.1, 0.15) is 33.6 Å². The Labute approximate surface area is 127 Å². The molecule has 2 aliphatic rings. The van der Waals surface area contributed by atoms with Gasteiger partial charge >= 0.3 is 0 Å². The fourth-order valence-electron chi connectivity index (χ4n) is 3.56. The number of amides is 1. The van der Waals surface area contributed by atoms with E-state index in [1.165, 1.54) is 0 Å². The minimum Gasteiger partial charge on any atom is -0.380 e. The summed E-state index contributed by atoms with van der Waals surface area (Å²) in [6.45, 7) is 8.48. The molecule has 1 saturated heterocycles. The van der Waals surface area contributed by atoms with Crippen molar-refractivity contribution in [3.63, 3.8) is 0 Å². The average molecular weight is 307 g/mol. The van der Waals surface area contributed by atoms with E-state index in [0.29, 0.717) is 19.8 Å². The van der Waals surface area contributed by atoms with Gasteiger partial charge < -0.3 is 20.5 Å². The van der Waals surface area contributed by atoms with Gasteiger partial charge in [0.05, 0.1) is 12.7 Å². The number of nitrogens with two attached hydrogens (primary N) is 1. The molecule has 0 bridgehead atoms. The molecule has 1 aliphatic carbocycles. The molecule has 1 heterocycles. The second-order valence-corrected chi connectivity index (χ2v) is 6.08. The van der Waals surface area contributed by atoms with Crippen LogP contribution in [0.25, 0.3) is 0 Å². The molecule has 2 rings (SSSR count). The van der Waals surface area contributed by atoms with Crippen LogP contribution in [0.5, 0.6) is 0 Å². The van der Waals surface area contributed by atoms with E-state index < -0.39 is 5.54 Å². The smallest absolute Gasteiger partial charge is 0.241 e. The zero-order chi connectivity index (χ0) is 14.1. The Morgan fingerprint density at radius 3 is 2.85 bits per heavy atom. The zero-order valence-corrected chi connectivity index (χ0v) is 13.4. The third-order valence-electron chi connectivity index (χ3n) is 4.80. The first-order valence-electron chi connectivity index (χ1n) is 7.22. The van der Waals surface area contributed by atoms with Gasteiger partial charge in [-0.1, -0.05) is 13.8 Å². The van der Waals surface area contributed by atoms with E-state index in [1.807, 2.05) is 20.8 Å². The first kappa shape index (κ1) is 17.7. The Balaban J connectivity index is 0.00000200. The molecule has 0 radical (unpaired) electrons. The summed E-state index contributed by atoms with van der Waals surface area (Å²) in [5.74, 6) is 0.0762. The maximum atomic E-state index is 12.4. The van der Waals surface area contributed by atoms with E-state index in [-0.39, 0.29) is 35.8 Å². The summed E-state index contributed by atoms with van der Waals surface area (Å²) in [5.41, 5.74) is 5.33. The molecule has 0 aromatic heterocycles. The lowest BCUT2D eigenvalue weighted by Crippen LogP contribution is -2.82. The van der Waals surface area contributed by atoms with Crippen LogP contribution >= 0.6 is 12.4 Å². The molecule has 1 saturated carbocycles. The molecule has 0 aromatic carbocycles. The summed E-state index contributed by atoms with van der Waals surface area (Å²) >= 11 is 0. The van der Waals surface area contributed by atoms with Gasteiger partial charge in [0.15, 0.2) is 0 Å². The average Bonchev–Trinajstić information content (AvgIpc) is 2.42. The van der Waals surface area contributed by atoms with E-state index in [9.17, 15) is 4.79 Å². The maximum Gasteiger partial charge on any atom is 0.241 e. The Bertz CT molecular complexity index is 351. The summed E-state index contributed by atoms with van der Waals surface area (Å²) < 4.78 is 11.0. The lowest BCUT2D eigenvalue weighted by molar-refractivity contribution is -0.225. The van der Waals surface area contributed by atoms with Crippen LogP contribution in [0.4, 0.5) is 0 Å². The van der Waals surface area contributed by atoms with Gasteiger partial charge in [0.1, 0.15) is 5.54 Å². The van der Waals surface area contributed by atoms with E-state index in [4.69, 9.17) is 15.2 Å². The second kappa shape index (κ2) is 6.60. The fraction of sp³-hybridized carbons (Fsp3) is 0.929. The van der Waals surface area contributed by atoms with E-state index in [0.717, 1.165) is 19.4 Å². The van der Waals surface area contributed by atoms with Gasteiger partial charge in [-0.2, -0.15) is 0 Å². The molecule has 0 spiro atoms. The molecule has 20 heavy (non-hydrogen) atoms. The molecule has 1 amide bonds. The SMILES string of the molecule is CCOCCNC(=O)C1(N)C2CCCOC2C1(C)C.Cl. The van der Waals surface area contributed by atoms with Crippen molar-refractivity contribution in [1.82, 2.24) is 5.32 Å². The molecule has 2 fully saturated rings. The van der Waals surface area contributed by atoms with E-state index >= 15 is 0 Å². The van der Waals surface area contributed by atoms with Crippen LogP contribution < -0.4 is 11.1 Å². The van der Waals surface area contributed by atoms with Crippen LogP contribution in [-0.2, 0) is 14.3 Å². The van der Waals surface area contributed by atoms with Crippen LogP contribution in [0.3, 0.4) is 0 Å². The van der Waals surface area contributed by atoms with Crippen molar-refractivity contribution in [3.8, 4) is 0 Å². The highest BCUT2D eigenvalue weighted by atomic mass is 35.5. The predicted molar refractivity (Wildman–Crippen MR) is 79.9 cm³/mol. The Hall–Kier alpha value is -0.360. The van der Waals surface area contributed by atoms with Gasteiger partial charge in [0.25, 0.3) is 0 Å². The lowest BCUT2D eigenvalue weighted by Gasteiger charge is -2.65. The summed E-state index contributed by atoms with van der Waals surface area (Å²) in [5, 5.41) is 2.90. The normalized spacial score (nSPS) is 34.4. The number of hydrogen-bond acceptors (Lipinski definition) is 4. The third-order valence-corrected chi connectivity index (χ3v) is 4.80. The summed E-state index contributed by atoms with van der Waals surface area (Å²) in [6.07, 6.45) is 2.08. The zero-order valence-electron chi connectivity index (χ0n) is 12.6. The van der Waals surface area contributed by atoms with Gasteiger partial charge in [-0.15, -0.1) is 12.4 Å². The first-order chi connectivity index (χ1) is 8.96. The Morgan fingerprint density at radius 1 is 1.50 bits per heavy atom. The number of hydrogen-bond donors (Lipinski definition) is 2. The number of ether oxygens (including phenoxy) is 2. The Kier molecular flexibility index (Phi) is 5.84. The lowest BCUT2D eigenvalue weighted by atomic mass is 9.46. The molecule has 1 aliphatic heterocycles. The highest BCUT2D eigenvalue weighted by Gasteiger charge is 2.70. The highest BCUT2D eigenvalue weighted by molar-refractivity contribution is 5.89. The summed E-state index contributed by atoms with van der Waals surface area (Å²) in [4.78, 5) is 12.4. The van der Waals surface area contributed by atoms with Crippen LogP contribution in [0.15, 0.2) is 0 Å². The topological polar surface area (TPSA) is 73.6 Å². The molecule has 3 N–H and O–H groups in total. The summed E-state index contributed by atoms with van der Waals surface area (Å²) in [6, 6.07) is 0. The number of nitrogens with one attached hydrogen (secondary N) is 1. The van der Waals surface area contributed by atoms with Crippen LogP contribution in [-0.4, -0.2) is 43.9 Å². The second-order valence-electron chi connectivity index (χ2n) is 6.08. The standard InChI is InChI=1S/C14H26N2O3.ClH/c1-4-18-9-7-16-12(17)14(15)10-6-5-8-19-11(10)13(14,2)3;/h10-11H,4-9,15H2,1-3H3,(H,16,17);1H. The number of rotatable bonds is 5. The molecular formula is C14H27ClN2O3. The van der Waals surface area contributed by atoms with Crippen molar-refractivity contribution in [2.45, 2.75) is 45.3 Å². The predicted octanol–water partition coefficient (Wildman–Crippen LogP) is 1.09. The molecule has 118 valence electrons.